The van der Waals surface area contributed by atoms with E-state index in [1.54, 1.807) is 0 Å². The summed E-state index contributed by atoms with van der Waals surface area (Å²) in [5.41, 5.74) is 4.46. The maximum absolute atomic E-state index is 3.39. The van der Waals surface area contributed by atoms with Crippen LogP contribution in [0.3, 0.4) is 0 Å². The predicted octanol–water partition coefficient (Wildman–Crippen LogP) is 3.09. The lowest BCUT2D eigenvalue weighted by Gasteiger charge is -2.29. The van der Waals surface area contributed by atoms with Crippen LogP contribution in [0, 0.1) is 6.92 Å². The van der Waals surface area contributed by atoms with Crippen LogP contribution < -0.4 is 10.2 Å². The first-order chi connectivity index (χ1) is 8.41. The maximum atomic E-state index is 3.39. The van der Waals surface area contributed by atoms with E-state index >= 15 is 0 Å². The van der Waals surface area contributed by atoms with Crippen molar-refractivity contribution in [2.45, 2.75) is 45.6 Å². The molecule has 0 amide bonds. The molecule has 1 N–H and O–H groups in total. The van der Waals surface area contributed by atoms with Gasteiger partial charge in [-0.05, 0) is 43.0 Å². The van der Waals surface area contributed by atoms with Crippen molar-refractivity contribution in [3.05, 3.63) is 29.3 Å². The van der Waals surface area contributed by atoms with E-state index in [0.717, 1.165) is 13.1 Å². The van der Waals surface area contributed by atoms with Crippen molar-refractivity contribution in [2.24, 2.45) is 0 Å². The molecular weight excluding hydrogens is 220 g/mol. The molecule has 1 aromatic rings. The van der Waals surface area contributed by atoms with Gasteiger partial charge in [0, 0.05) is 24.8 Å². The first-order valence-electron chi connectivity index (χ1n) is 6.95. The largest absolute Gasteiger partial charge is 0.370 e. The summed E-state index contributed by atoms with van der Waals surface area (Å²) in [5, 5.41) is 3.39. The van der Waals surface area contributed by atoms with Gasteiger partial charge in [-0.2, -0.15) is 0 Å². The van der Waals surface area contributed by atoms with Gasteiger partial charge in [-0.15, -0.1) is 0 Å². The third-order valence-electron chi connectivity index (χ3n) is 3.90. The van der Waals surface area contributed by atoms with Gasteiger partial charge in [0.15, 0.2) is 0 Å². The maximum Gasteiger partial charge on any atom is 0.0407 e. The van der Waals surface area contributed by atoms with E-state index in [0.29, 0.717) is 6.04 Å². The van der Waals surface area contributed by atoms with Gasteiger partial charge in [0.05, 0.1) is 0 Å². The number of hydrogen-bond acceptors (Lipinski definition) is 2. The Balaban J connectivity index is 2.34. The highest BCUT2D eigenvalue weighted by Crippen LogP contribution is 2.34. The van der Waals surface area contributed by atoms with Crippen LogP contribution in [-0.2, 0) is 5.41 Å². The molecule has 0 aromatic heterocycles. The molecule has 1 aliphatic heterocycles. The van der Waals surface area contributed by atoms with E-state index in [1.165, 1.54) is 23.2 Å². The van der Waals surface area contributed by atoms with Gasteiger partial charge in [-0.25, -0.2) is 0 Å². The molecular formula is C16H26N2. The normalized spacial score (nSPS) is 20.5. The average molecular weight is 246 g/mol. The van der Waals surface area contributed by atoms with Crippen LogP contribution in [0.15, 0.2) is 18.2 Å². The smallest absolute Gasteiger partial charge is 0.0407 e. The van der Waals surface area contributed by atoms with E-state index in [4.69, 9.17) is 0 Å². The summed E-state index contributed by atoms with van der Waals surface area (Å²) in [6, 6.07) is 7.52. The molecule has 0 unspecified atom stereocenters. The molecule has 100 valence electrons. The van der Waals surface area contributed by atoms with Crippen molar-refractivity contribution in [3.63, 3.8) is 0 Å². The molecule has 1 saturated heterocycles. The number of likely N-dealkylation sites (N-methyl/N-ethyl adjacent to an activating group) is 1. The van der Waals surface area contributed by atoms with Crippen LogP contribution in [0.1, 0.15) is 38.3 Å². The number of nitrogens with one attached hydrogen (secondary N) is 1. The number of benzene rings is 1. The van der Waals surface area contributed by atoms with Crippen LogP contribution in [0.4, 0.5) is 5.69 Å². The Morgan fingerprint density at radius 1 is 1.28 bits per heavy atom. The van der Waals surface area contributed by atoms with Crippen LogP contribution in [0.5, 0.6) is 0 Å². The van der Waals surface area contributed by atoms with Crippen molar-refractivity contribution in [1.29, 1.82) is 0 Å². The van der Waals surface area contributed by atoms with Crippen LogP contribution in [0.2, 0.25) is 0 Å². The van der Waals surface area contributed by atoms with E-state index in [1.807, 2.05) is 0 Å². The Bertz CT molecular complexity index is 418. The molecule has 1 aromatic carbocycles. The van der Waals surface area contributed by atoms with E-state index in [9.17, 15) is 0 Å². The zero-order valence-electron chi connectivity index (χ0n) is 12.4. The van der Waals surface area contributed by atoms with Gasteiger partial charge in [-0.3, -0.25) is 0 Å². The number of rotatable bonds is 2. The van der Waals surface area contributed by atoms with Gasteiger partial charge in [0.1, 0.15) is 0 Å². The molecule has 0 bridgehead atoms. The summed E-state index contributed by atoms with van der Waals surface area (Å²) in [7, 11) is 2.06. The Labute approximate surface area is 111 Å². The second-order valence-corrected chi connectivity index (χ2v) is 6.49. The molecule has 2 heteroatoms. The molecule has 1 aliphatic rings. The SMILES string of the molecule is CN[C@H]1CCN(c2cc(C)ccc2C(C)(C)C)C1. The van der Waals surface area contributed by atoms with Gasteiger partial charge in [-0.1, -0.05) is 32.9 Å². The zero-order valence-corrected chi connectivity index (χ0v) is 12.4. The van der Waals surface area contributed by atoms with Crippen molar-refractivity contribution >= 4 is 5.69 Å². The lowest BCUT2D eigenvalue weighted by Crippen LogP contribution is -2.30. The van der Waals surface area contributed by atoms with Crippen molar-refractivity contribution in [1.82, 2.24) is 5.32 Å². The Morgan fingerprint density at radius 3 is 2.56 bits per heavy atom. The minimum atomic E-state index is 0.209. The van der Waals surface area contributed by atoms with E-state index in [-0.39, 0.29) is 5.41 Å². The molecule has 0 saturated carbocycles. The lowest BCUT2D eigenvalue weighted by molar-refractivity contribution is 0.586. The predicted molar refractivity (Wildman–Crippen MR) is 79.6 cm³/mol. The fourth-order valence-corrected chi connectivity index (χ4v) is 2.75. The van der Waals surface area contributed by atoms with E-state index < -0.39 is 0 Å². The van der Waals surface area contributed by atoms with Crippen LogP contribution >= 0.6 is 0 Å². The molecule has 0 aliphatic carbocycles. The van der Waals surface area contributed by atoms with Crippen molar-refractivity contribution in [2.75, 3.05) is 25.0 Å². The third-order valence-corrected chi connectivity index (χ3v) is 3.90. The monoisotopic (exact) mass is 246 g/mol. The van der Waals surface area contributed by atoms with Crippen LogP contribution in [-0.4, -0.2) is 26.2 Å². The number of anilines is 1. The summed E-state index contributed by atoms with van der Waals surface area (Å²) < 4.78 is 0. The minimum Gasteiger partial charge on any atom is -0.370 e. The molecule has 2 nitrogen and oxygen atoms in total. The molecule has 0 radical (unpaired) electrons. The standard InChI is InChI=1S/C16H26N2/c1-12-6-7-14(16(2,3)4)15(10-12)18-9-8-13(11-18)17-5/h6-7,10,13,17H,8-9,11H2,1-5H3/t13-/m0/s1. The fraction of sp³-hybridized carbons (Fsp3) is 0.625. The molecule has 2 rings (SSSR count). The summed E-state index contributed by atoms with van der Waals surface area (Å²) >= 11 is 0. The van der Waals surface area contributed by atoms with E-state index in [2.05, 4.69) is 63.2 Å². The first kappa shape index (κ1) is 13.4. The van der Waals surface area contributed by atoms with Gasteiger partial charge >= 0.3 is 0 Å². The molecule has 1 fully saturated rings. The summed E-state index contributed by atoms with van der Waals surface area (Å²) in [4.78, 5) is 2.54. The van der Waals surface area contributed by atoms with Gasteiger partial charge in [0.25, 0.3) is 0 Å². The third kappa shape index (κ3) is 2.69. The van der Waals surface area contributed by atoms with Gasteiger partial charge < -0.3 is 10.2 Å². The highest BCUT2D eigenvalue weighted by Gasteiger charge is 2.26. The lowest BCUT2D eigenvalue weighted by atomic mass is 9.85. The minimum absolute atomic E-state index is 0.209. The summed E-state index contributed by atoms with van der Waals surface area (Å²) in [5.74, 6) is 0. The topological polar surface area (TPSA) is 15.3 Å². The second kappa shape index (κ2) is 4.93. The van der Waals surface area contributed by atoms with Gasteiger partial charge in [0.2, 0.25) is 0 Å². The molecule has 18 heavy (non-hydrogen) atoms. The summed E-state index contributed by atoms with van der Waals surface area (Å²) in [6.45, 7) is 11.4. The van der Waals surface area contributed by atoms with Crippen LogP contribution in [0.25, 0.3) is 0 Å². The Hall–Kier alpha value is -1.02. The fourth-order valence-electron chi connectivity index (χ4n) is 2.75. The zero-order chi connectivity index (χ0) is 13.3. The van der Waals surface area contributed by atoms with Crippen molar-refractivity contribution < 1.29 is 0 Å². The highest BCUT2D eigenvalue weighted by atomic mass is 15.2. The average Bonchev–Trinajstić information content (AvgIpc) is 2.75. The summed E-state index contributed by atoms with van der Waals surface area (Å²) in [6.07, 6.45) is 1.24. The molecule has 1 atom stereocenters. The highest BCUT2D eigenvalue weighted by molar-refractivity contribution is 5.58. The number of hydrogen-bond donors (Lipinski definition) is 1. The molecule has 0 spiro atoms. The Morgan fingerprint density at radius 2 is 2.00 bits per heavy atom. The number of nitrogens with zero attached hydrogens (tertiary/aromatic N) is 1. The van der Waals surface area contributed by atoms with Crippen molar-refractivity contribution in [3.8, 4) is 0 Å². The molecule has 1 heterocycles. The second-order valence-electron chi connectivity index (χ2n) is 6.49. The number of aryl methyl sites for hydroxylation is 1. The quantitative estimate of drug-likeness (QED) is 0.862. The Kier molecular flexibility index (Phi) is 3.67. The first-order valence-corrected chi connectivity index (χ1v) is 6.95.